The van der Waals surface area contributed by atoms with E-state index in [1.807, 2.05) is 7.05 Å². The van der Waals surface area contributed by atoms with E-state index in [2.05, 4.69) is 41.3 Å². The molecule has 0 aromatic carbocycles. The van der Waals surface area contributed by atoms with Crippen molar-refractivity contribution in [1.29, 1.82) is 0 Å². The summed E-state index contributed by atoms with van der Waals surface area (Å²) >= 11 is 0. The van der Waals surface area contributed by atoms with Crippen LogP contribution < -0.4 is 10.6 Å². The molecular formula is C18H38N4O2. The number of unbranched alkanes of at least 4 members (excludes halogenated alkanes) is 1. The molecule has 0 bridgehead atoms. The fraction of sp³-hybridized carbons (Fsp3) is 0.944. The molecule has 0 aromatic heterocycles. The van der Waals surface area contributed by atoms with Gasteiger partial charge in [0, 0.05) is 45.9 Å². The molecule has 0 saturated carbocycles. The van der Waals surface area contributed by atoms with E-state index in [-0.39, 0.29) is 0 Å². The maximum atomic E-state index is 5.57. The zero-order valence-electron chi connectivity index (χ0n) is 16.1. The average Bonchev–Trinajstić information content (AvgIpc) is 2.59. The number of aliphatic imine (C=N–C) groups is 1. The topological polar surface area (TPSA) is 58.1 Å². The van der Waals surface area contributed by atoms with Crippen molar-refractivity contribution in [2.24, 2.45) is 10.9 Å². The van der Waals surface area contributed by atoms with Gasteiger partial charge in [-0.15, -0.1) is 0 Å². The van der Waals surface area contributed by atoms with E-state index in [4.69, 9.17) is 9.47 Å². The van der Waals surface area contributed by atoms with Crippen molar-refractivity contribution in [2.45, 2.75) is 46.1 Å². The van der Waals surface area contributed by atoms with Crippen LogP contribution in [0.3, 0.4) is 0 Å². The van der Waals surface area contributed by atoms with Gasteiger partial charge in [-0.3, -0.25) is 9.89 Å². The monoisotopic (exact) mass is 342 g/mol. The molecule has 6 nitrogen and oxygen atoms in total. The van der Waals surface area contributed by atoms with Gasteiger partial charge in [0.2, 0.25) is 0 Å². The standard InChI is InChI=1S/C18H38N4O2/c1-5-6-10-23-11-7-20-18(19-4)21-15-17(14-16(2)3)22-8-12-24-13-9-22/h16-17H,5-15H2,1-4H3,(H2,19,20,21). The number of nitrogens with zero attached hydrogens (tertiary/aromatic N) is 2. The molecule has 0 radical (unpaired) electrons. The zero-order chi connectivity index (χ0) is 17.6. The maximum Gasteiger partial charge on any atom is 0.191 e. The summed E-state index contributed by atoms with van der Waals surface area (Å²) in [7, 11) is 1.82. The lowest BCUT2D eigenvalue weighted by atomic mass is 10.0. The molecular weight excluding hydrogens is 304 g/mol. The van der Waals surface area contributed by atoms with Crippen LogP contribution in [-0.2, 0) is 9.47 Å². The second kappa shape index (κ2) is 13.4. The molecule has 0 amide bonds. The van der Waals surface area contributed by atoms with Gasteiger partial charge in [0.25, 0.3) is 0 Å². The summed E-state index contributed by atoms with van der Waals surface area (Å²) in [5.74, 6) is 1.54. The predicted octanol–water partition coefficient (Wildman–Crippen LogP) is 1.72. The highest BCUT2D eigenvalue weighted by molar-refractivity contribution is 5.79. The van der Waals surface area contributed by atoms with E-state index in [1.165, 1.54) is 12.8 Å². The van der Waals surface area contributed by atoms with Gasteiger partial charge < -0.3 is 20.1 Å². The van der Waals surface area contributed by atoms with E-state index in [0.717, 1.165) is 65.0 Å². The Hall–Kier alpha value is -0.850. The molecule has 0 aromatic rings. The fourth-order valence-electron chi connectivity index (χ4n) is 2.87. The van der Waals surface area contributed by atoms with E-state index in [1.54, 1.807) is 0 Å². The second-order valence-corrected chi connectivity index (χ2v) is 6.78. The molecule has 24 heavy (non-hydrogen) atoms. The first-order valence-electron chi connectivity index (χ1n) is 9.51. The van der Waals surface area contributed by atoms with Crippen LogP contribution in [0, 0.1) is 5.92 Å². The second-order valence-electron chi connectivity index (χ2n) is 6.78. The molecule has 1 rings (SSSR count). The zero-order valence-corrected chi connectivity index (χ0v) is 16.1. The molecule has 1 heterocycles. The van der Waals surface area contributed by atoms with Crippen LogP contribution in [0.2, 0.25) is 0 Å². The highest BCUT2D eigenvalue weighted by Gasteiger charge is 2.22. The number of rotatable bonds is 11. The molecule has 6 heteroatoms. The Morgan fingerprint density at radius 1 is 1.21 bits per heavy atom. The van der Waals surface area contributed by atoms with Gasteiger partial charge in [-0.25, -0.2) is 0 Å². The molecule has 0 spiro atoms. The molecule has 2 N–H and O–H groups in total. The van der Waals surface area contributed by atoms with Crippen LogP contribution in [0.4, 0.5) is 0 Å². The van der Waals surface area contributed by atoms with Crippen LogP contribution in [-0.4, -0.2) is 76.6 Å². The summed E-state index contributed by atoms with van der Waals surface area (Å²) in [6, 6.07) is 0.522. The first-order chi connectivity index (χ1) is 11.7. The molecule has 142 valence electrons. The lowest BCUT2D eigenvalue weighted by molar-refractivity contribution is 0.0132. The SMILES string of the molecule is CCCCOCCNC(=NC)NCC(CC(C)C)N1CCOCC1. The third kappa shape index (κ3) is 9.45. The van der Waals surface area contributed by atoms with Gasteiger partial charge in [-0.2, -0.15) is 0 Å². The first-order valence-corrected chi connectivity index (χ1v) is 9.51. The summed E-state index contributed by atoms with van der Waals surface area (Å²) < 4.78 is 11.1. The van der Waals surface area contributed by atoms with E-state index >= 15 is 0 Å². The molecule has 1 unspecified atom stereocenters. The number of guanidine groups is 1. The largest absolute Gasteiger partial charge is 0.380 e. The first kappa shape index (κ1) is 21.2. The van der Waals surface area contributed by atoms with Crippen molar-refractivity contribution in [2.75, 3.05) is 59.7 Å². The highest BCUT2D eigenvalue weighted by Crippen LogP contribution is 2.12. The molecule has 0 aliphatic carbocycles. The van der Waals surface area contributed by atoms with Gasteiger partial charge in [-0.1, -0.05) is 27.2 Å². The third-order valence-electron chi connectivity index (χ3n) is 4.22. The summed E-state index contributed by atoms with van der Waals surface area (Å²) in [6.07, 6.45) is 3.49. The predicted molar refractivity (Wildman–Crippen MR) is 101 cm³/mol. The van der Waals surface area contributed by atoms with E-state index in [0.29, 0.717) is 12.0 Å². The number of morpholine rings is 1. The average molecular weight is 343 g/mol. The Morgan fingerprint density at radius 2 is 1.96 bits per heavy atom. The number of ether oxygens (including phenoxy) is 2. The molecule has 1 atom stereocenters. The van der Waals surface area contributed by atoms with Crippen molar-refractivity contribution in [3.8, 4) is 0 Å². The Balaban J connectivity index is 2.31. The Bertz CT molecular complexity index is 331. The lowest BCUT2D eigenvalue weighted by Gasteiger charge is -2.35. The Kier molecular flexibility index (Phi) is 11.9. The molecule has 1 aliphatic rings. The Labute approximate surface area is 148 Å². The summed E-state index contributed by atoms with van der Waals surface area (Å²) in [4.78, 5) is 6.85. The summed E-state index contributed by atoms with van der Waals surface area (Å²) in [6.45, 7) is 13.7. The maximum absolute atomic E-state index is 5.57. The van der Waals surface area contributed by atoms with Crippen LogP contribution in [0.5, 0.6) is 0 Å². The Morgan fingerprint density at radius 3 is 2.58 bits per heavy atom. The molecule has 1 aliphatic heterocycles. The van der Waals surface area contributed by atoms with Crippen LogP contribution in [0.15, 0.2) is 4.99 Å². The fourth-order valence-corrected chi connectivity index (χ4v) is 2.87. The lowest BCUT2D eigenvalue weighted by Crippen LogP contribution is -2.51. The molecule has 1 saturated heterocycles. The number of hydrogen-bond acceptors (Lipinski definition) is 4. The highest BCUT2D eigenvalue weighted by atomic mass is 16.5. The summed E-state index contributed by atoms with van der Waals surface area (Å²) in [5.41, 5.74) is 0. The van der Waals surface area contributed by atoms with Gasteiger partial charge in [0.1, 0.15) is 0 Å². The number of nitrogens with one attached hydrogen (secondary N) is 2. The van der Waals surface area contributed by atoms with Crippen LogP contribution >= 0.6 is 0 Å². The minimum Gasteiger partial charge on any atom is -0.380 e. The normalized spacial score (nSPS) is 18.0. The minimum atomic E-state index is 0.522. The smallest absolute Gasteiger partial charge is 0.191 e. The van der Waals surface area contributed by atoms with Crippen LogP contribution in [0.1, 0.15) is 40.0 Å². The van der Waals surface area contributed by atoms with Gasteiger partial charge >= 0.3 is 0 Å². The number of hydrogen-bond donors (Lipinski definition) is 2. The van der Waals surface area contributed by atoms with Crippen LogP contribution in [0.25, 0.3) is 0 Å². The van der Waals surface area contributed by atoms with E-state index < -0.39 is 0 Å². The van der Waals surface area contributed by atoms with Gasteiger partial charge in [0.15, 0.2) is 5.96 Å². The summed E-state index contributed by atoms with van der Waals surface area (Å²) in [5, 5.41) is 6.80. The van der Waals surface area contributed by atoms with Crippen molar-refractivity contribution in [3.63, 3.8) is 0 Å². The van der Waals surface area contributed by atoms with Crippen molar-refractivity contribution < 1.29 is 9.47 Å². The van der Waals surface area contributed by atoms with Crippen molar-refractivity contribution in [3.05, 3.63) is 0 Å². The third-order valence-corrected chi connectivity index (χ3v) is 4.22. The van der Waals surface area contributed by atoms with Crippen molar-refractivity contribution >= 4 is 5.96 Å². The minimum absolute atomic E-state index is 0.522. The van der Waals surface area contributed by atoms with Gasteiger partial charge in [0.05, 0.1) is 19.8 Å². The van der Waals surface area contributed by atoms with Gasteiger partial charge in [-0.05, 0) is 18.8 Å². The quantitative estimate of drug-likeness (QED) is 0.340. The van der Waals surface area contributed by atoms with Crippen molar-refractivity contribution in [1.82, 2.24) is 15.5 Å². The van der Waals surface area contributed by atoms with E-state index in [9.17, 15) is 0 Å². The molecule has 1 fully saturated rings.